The maximum atomic E-state index is 12.6. The van der Waals surface area contributed by atoms with Gasteiger partial charge in [-0.05, 0) is 69.3 Å². The zero-order valence-corrected chi connectivity index (χ0v) is 19.8. The van der Waals surface area contributed by atoms with Gasteiger partial charge in [0.15, 0.2) is 0 Å². The van der Waals surface area contributed by atoms with Crippen LogP contribution in [0.4, 0.5) is 5.69 Å². The van der Waals surface area contributed by atoms with E-state index in [1.54, 1.807) is 37.3 Å². The highest BCUT2D eigenvalue weighted by Gasteiger charge is 2.20. The fraction of sp³-hybridized carbons (Fsp3) is 0.375. The lowest BCUT2D eigenvalue weighted by atomic mass is 10.2. The van der Waals surface area contributed by atoms with E-state index in [2.05, 4.69) is 29.7 Å². The maximum Gasteiger partial charge on any atom is 0.241 e. The summed E-state index contributed by atoms with van der Waals surface area (Å²) in [5.41, 5.74) is 3.93. The number of aryl methyl sites for hydroxylation is 1. The van der Waals surface area contributed by atoms with Gasteiger partial charge < -0.3 is 15.4 Å². The molecule has 170 valence electrons. The van der Waals surface area contributed by atoms with Crippen LogP contribution in [0.2, 0.25) is 0 Å². The Morgan fingerprint density at radius 1 is 1.19 bits per heavy atom. The van der Waals surface area contributed by atoms with Gasteiger partial charge in [0.1, 0.15) is 5.01 Å². The fourth-order valence-corrected chi connectivity index (χ4v) is 4.23. The second-order valence-corrected chi connectivity index (χ2v) is 8.87. The molecule has 2 amide bonds. The molecule has 0 aliphatic rings. The van der Waals surface area contributed by atoms with E-state index in [4.69, 9.17) is 9.72 Å². The zero-order chi connectivity index (χ0) is 23.1. The van der Waals surface area contributed by atoms with Crippen LogP contribution in [-0.2, 0) is 14.3 Å². The fourth-order valence-electron chi connectivity index (χ4n) is 3.16. The summed E-state index contributed by atoms with van der Waals surface area (Å²) in [5, 5.41) is 6.70. The predicted molar refractivity (Wildman–Crippen MR) is 130 cm³/mol. The van der Waals surface area contributed by atoms with Crippen LogP contribution < -0.4 is 10.6 Å². The lowest BCUT2D eigenvalue weighted by molar-refractivity contribution is -0.124. The van der Waals surface area contributed by atoms with E-state index in [9.17, 15) is 9.59 Å². The number of carbonyl (C=O) groups excluding carboxylic acids is 2. The Morgan fingerprint density at radius 2 is 1.94 bits per heavy atom. The van der Waals surface area contributed by atoms with E-state index in [1.807, 2.05) is 30.3 Å². The summed E-state index contributed by atoms with van der Waals surface area (Å²) in [6, 6.07) is 13.5. The van der Waals surface area contributed by atoms with Gasteiger partial charge in [0, 0.05) is 31.5 Å². The number of thiazole rings is 1. The summed E-state index contributed by atoms with van der Waals surface area (Å²) in [4.78, 5) is 31.1. The van der Waals surface area contributed by atoms with Gasteiger partial charge in [0.2, 0.25) is 11.8 Å². The monoisotopic (exact) mass is 454 g/mol. The number of aromatic nitrogens is 1. The number of methoxy groups -OCH3 is 1. The number of rotatable bonds is 10. The molecule has 2 aromatic carbocycles. The third kappa shape index (κ3) is 6.35. The summed E-state index contributed by atoms with van der Waals surface area (Å²) in [6.07, 6.45) is 0.759. The standard InChI is InChI=1S/C24H30N4O3S/c1-16-6-11-20-21(14-16)32-24(27-20)18-7-9-19(10-8-18)26-23(30)17(2)28(3)15-22(29)25-12-5-13-31-4/h6-11,14,17H,5,12-13,15H2,1-4H3,(H,25,29)(H,26,30). The van der Waals surface area contributed by atoms with Gasteiger partial charge in [-0.2, -0.15) is 0 Å². The van der Waals surface area contributed by atoms with Gasteiger partial charge in [-0.25, -0.2) is 4.98 Å². The van der Waals surface area contributed by atoms with Crippen LogP contribution in [-0.4, -0.2) is 61.6 Å². The topological polar surface area (TPSA) is 83.6 Å². The van der Waals surface area contributed by atoms with Crippen molar-refractivity contribution in [2.45, 2.75) is 26.3 Å². The first-order valence-corrected chi connectivity index (χ1v) is 11.4. The SMILES string of the molecule is COCCCNC(=O)CN(C)C(C)C(=O)Nc1ccc(-c2nc3ccc(C)cc3s2)cc1. The lowest BCUT2D eigenvalue weighted by Crippen LogP contribution is -2.45. The maximum absolute atomic E-state index is 12.6. The summed E-state index contributed by atoms with van der Waals surface area (Å²) in [7, 11) is 3.39. The molecule has 0 aliphatic heterocycles. The molecule has 0 spiro atoms. The summed E-state index contributed by atoms with van der Waals surface area (Å²) >= 11 is 1.66. The van der Waals surface area contributed by atoms with Crippen molar-refractivity contribution < 1.29 is 14.3 Å². The molecule has 1 aromatic heterocycles. The molecule has 32 heavy (non-hydrogen) atoms. The number of benzene rings is 2. The second kappa shape index (κ2) is 11.2. The number of nitrogens with zero attached hydrogens (tertiary/aromatic N) is 2. The van der Waals surface area contributed by atoms with Crippen LogP contribution in [0.3, 0.4) is 0 Å². The number of fused-ring (bicyclic) bond motifs is 1. The Bertz CT molecular complexity index is 1060. The van der Waals surface area contributed by atoms with Gasteiger partial charge >= 0.3 is 0 Å². The molecule has 0 bridgehead atoms. The summed E-state index contributed by atoms with van der Waals surface area (Å²) < 4.78 is 6.13. The first-order valence-electron chi connectivity index (χ1n) is 10.6. The number of carbonyl (C=O) groups is 2. The average molecular weight is 455 g/mol. The Morgan fingerprint density at radius 3 is 2.66 bits per heavy atom. The van der Waals surface area contributed by atoms with Crippen molar-refractivity contribution in [1.29, 1.82) is 0 Å². The average Bonchev–Trinajstić information content (AvgIpc) is 3.19. The molecule has 0 saturated carbocycles. The minimum atomic E-state index is -0.452. The molecule has 3 aromatic rings. The zero-order valence-electron chi connectivity index (χ0n) is 19.0. The number of amides is 2. The Hall–Kier alpha value is -2.81. The highest BCUT2D eigenvalue weighted by molar-refractivity contribution is 7.21. The van der Waals surface area contributed by atoms with Crippen LogP contribution in [0, 0.1) is 6.92 Å². The van der Waals surface area contributed by atoms with Crippen molar-refractivity contribution in [3.63, 3.8) is 0 Å². The molecule has 2 N–H and O–H groups in total. The van der Waals surface area contributed by atoms with Gasteiger partial charge in [0.05, 0.1) is 22.8 Å². The first kappa shape index (κ1) is 23.8. The van der Waals surface area contributed by atoms with Crippen molar-refractivity contribution in [2.24, 2.45) is 0 Å². The van der Waals surface area contributed by atoms with Gasteiger partial charge in [-0.15, -0.1) is 11.3 Å². The van der Waals surface area contributed by atoms with E-state index >= 15 is 0 Å². The number of anilines is 1. The number of nitrogens with one attached hydrogen (secondary N) is 2. The van der Waals surface area contributed by atoms with Crippen LogP contribution in [0.1, 0.15) is 18.9 Å². The van der Waals surface area contributed by atoms with E-state index < -0.39 is 6.04 Å². The van der Waals surface area contributed by atoms with Gasteiger partial charge in [-0.1, -0.05) is 6.07 Å². The van der Waals surface area contributed by atoms with Crippen molar-refractivity contribution in [3.05, 3.63) is 48.0 Å². The minimum absolute atomic E-state index is 0.112. The Kier molecular flexibility index (Phi) is 8.33. The first-order chi connectivity index (χ1) is 15.4. The van der Waals surface area contributed by atoms with Crippen LogP contribution >= 0.6 is 11.3 Å². The van der Waals surface area contributed by atoms with E-state index in [0.29, 0.717) is 18.8 Å². The van der Waals surface area contributed by atoms with E-state index in [0.717, 1.165) is 27.2 Å². The highest BCUT2D eigenvalue weighted by atomic mass is 32.1. The molecule has 0 radical (unpaired) electrons. The Labute approximate surface area is 192 Å². The second-order valence-electron chi connectivity index (χ2n) is 7.84. The molecular weight excluding hydrogens is 424 g/mol. The third-order valence-corrected chi connectivity index (χ3v) is 6.29. The molecule has 8 heteroatoms. The largest absolute Gasteiger partial charge is 0.385 e. The highest BCUT2D eigenvalue weighted by Crippen LogP contribution is 2.31. The molecule has 1 atom stereocenters. The number of hydrogen-bond donors (Lipinski definition) is 2. The number of likely N-dealkylation sites (N-methyl/N-ethyl adjacent to an activating group) is 1. The molecular formula is C24H30N4O3S. The molecule has 7 nitrogen and oxygen atoms in total. The third-order valence-electron chi connectivity index (χ3n) is 5.22. The molecule has 0 aliphatic carbocycles. The van der Waals surface area contributed by atoms with Crippen LogP contribution in [0.15, 0.2) is 42.5 Å². The van der Waals surface area contributed by atoms with E-state index in [1.165, 1.54) is 5.56 Å². The van der Waals surface area contributed by atoms with Crippen molar-refractivity contribution in [3.8, 4) is 10.6 Å². The van der Waals surface area contributed by atoms with Crippen LogP contribution in [0.25, 0.3) is 20.8 Å². The predicted octanol–water partition coefficient (Wildman–Crippen LogP) is 3.68. The van der Waals surface area contributed by atoms with Gasteiger partial charge in [-0.3, -0.25) is 14.5 Å². The number of hydrogen-bond acceptors (Lipinski definition) is 6. The van der Waals surface area contributed by atoms with Gasteiger partial charge in [0.25, 0.3) is 0 Å². The molecule has 0 saturated heterocycles. The normalized spacial score (nSPS) is 12.2. The van der Waals surface area contributed by atoms with Crippen LogP contribution in [0.5, 0.6) is 0 Å². The van der Waals surface area contributed by atoms with Crippen molar-refractivity contribution in [2.75, 3.05) is 39.2 Å². The van der Waals surface area contributed by atoms with Crippen molar-refractivity contribution >= 4 is 39.1 Å². The molecule has 3 rings (SSSR count). The van der Waals surface area contributed by atoms with E-state index in [-0.39, 0.29) is 18.4 Å². The summed E-state index contributed by atoms with van der Waals surface area (Å²) in [5.74, 6) is -0.276. The molecule has 1 unspecified atom stereocenters. The molecule has 1 heterocycles. The minimum Gasteiger partial charge on any atom is -0.385 e. The number of ether oxygens (including phenoxy) is 1. The Balaban J connectivity index is 1.54. The molecule has 0 fully saturated rings. The quantitative estimate of drug-likeness (QED) is 0.457. The summed E-state index contributed by atoms with van der Waals surface area (Å²) in [6.45, 7) is 5.17. The smallest absolute Gasteiger partial charge is 0.241 e. The lowest BCUT2D eigenvalue weighted by Gasteiger charge is -2.23. The van der Waals surface area contributed by atoms with Crippen molar-refractivity contribution in [1.82, 2.24) is 15.2 Å².